The van der Waals surface area contributed by atoms with Gasteiger partial charge < -0.3 is 15.8 Å². The van der Waals surface area contributed by atoms with E-state index in [2.05, 4.69) is 10.3 Å². The first-order chi connectivity index (χ1) is 10.1. The Bertz CT molecular complexity index is 674. The van der Waals surface area contributed by atoms with Crippen molar-refractivity contribution in [3.63, 3.8) is 0 Å². The number of carboxylic acids is 1. The SMILES string of the molecule is N=Cc1ncc(-c2cccc(CF)c2)cc1NCC(=O)O. The Morgan fingerprint density at radius 3 is 2.86 bits per heavy atom. The quantitative estimate of drug-likeness (QED) is 0.713. The van der Waals surface area contributed by atoms with E-state index >= 15 is 0 Å². The molecule has 0 spiro atoms. The number of halogens is 1. The van der Waals surface area contributed by atoms with E-state index in [0.717, 1.165) is 17.3 Å². The maximum absolute atomic E-state index is 12.7. The van der Waals surface area contributed by atoms with Gasteiger partial charge in [0.1, 0.15) is 18.9 Å². The topological polar surface area (TPSA) is 86.1 Å². The second kappa shape index (κ2) is 6.60. The largest absolute Gasteiger partial charge is 0.480 e. The first-order valence-electron chi connectivity index (χ1n) is 6.25. The van der Waals surface area contributed by atoms with Crippen LogP contribution in [0.1, 0.15) is 11.3 Å². The van der Waals surface area contributed by atoms with Gasteiger partial charge in [-0.25, -0.2) is 4.39 Å². The molecule has 0 aliphatic carbocycles. The predicted octanol–water partition coefficient (Wildman–Crippen LogP) is 2.71. The zero-order valence-corrected chi connectivity index (χ0v) is 11.1. The standard InChI is InChI=1S/C15H14FN3O2/c16-6-10-2-1-3-11(4-10)12-5-13(19-9-15(20)21)14(7-17)18-8-12/h1-5,7-8,17,19H,6,9H2,(H,20,21). The van der Waals surface area contributed by atoms with E-state index in [0.29, 0.717) is 16.9 Å². The Hall–Kier alpha value is -2.76. The summed E-state index contributed by atoms with van der Waals surface area (Å²) in [5, 5.41) is 18.7. The van der Waals surface area contributed by atoms with Gasteiger partial charge in [0, 0.05) is 18.0 Å². The number of carboxylic acid groups (broad SMARTS) is 1. The number of alkyl halides is 1. The van der Waals surface area contributed by atoms with Crippen LogP contribution in [0, 0.1) is 5.41 Å². The molecule has 1 heterocycles. The van der Waals surface area contributed by atoms with E-state index in [-0.39, 0.29) is 6.54 Å². The van der Waals surface area contributed by atoms with Gasteiger partial charge in [0.15, 0.2) is 0 Å². The van der Waals surface area contributed by atoms with Crippen molar-refractivity contribution in [3.05, 3.63) is 47.8 Å². The van der Waals surface area contributed by atoms with Crippen molar-refractivity contribution in [2.75, 3.05) is 11.9 Å². The lowest BCUT2D eigenvalue weighted by Gasteiger charge is -2.10. The molecule has 0 aliphatic heterocycles. The molecule has 0 saturated carbocycles. The summed E-state index contributed by atoms with van der Waals surface area (Å²) in [5.74, 6) is -1.00. The van der Waals surface area contributed by atoms with Crippen LogP contribution in [0.3, 0.4) is 0 Å². The van der Waals surface area contributed by atoms with Gasteiger partial charge in [-0.05, 0) is 23.3 Å². The van der Waals surface area contributed by atoms with Crippen molar-refractivity contribution in [2.45, 2.75) is 6.67 Å². The molecular weight excluding hydrogens is 273 g/mol. The molecule has 2 aromatic rings. The smallest absolute Gasteiger partial charge is 0.322 e. The van der Waals surface area contributed by atoms with Crippen molar-refractivity contribution in [2.24, 2.45) is 0 Å². The average molecular weight is 287 g/mol. The normalized spacial score (nSPS) is 10.1. The number of aliphatic carboxylic acids is 1. The minimum atomic E-state index is -1.00. The summed E-state index contributed by atoms with van der Waals surface area (Å²) in [7, 11) is 0. The zero-order valence-electron chi connectivity index (χ0n) is 11.1. The lowest BCUT2D eigenvalue weighted by atomic mass is 10.0. The fraction of sp³-hybridized carbons (Fsp3) is 0.133. The third-order valence-corrected chi connectivity index (χ3v) is 2.90. The molecule has 0 bridgehead atoms. The molecular formula is C15H14FN3O2. The van der Waals surface area contributed by atoms with E-state index in [1.54, 1.807) is 30.5 Å². The number of anilines is 1. The molecule has 0 radical (unpaired) electrons. The Balaban J connectivity index is 2.37. The minimum absolute atomic E-state index is 0.267. The minimum Gasteiger partial charge on any atom is -0.480 e. The van der Waals surface area contributed by atoms with Crippen molar-refractivity contribution in [1.82, 2.24) is 4.98 Å². The maximum atomic E-state index is 12.7. The van der Waals surface area contributed by atoms with Crippen LogP contribution in [-0.4, -0.2) is 28.8 Å². The molecule has 0 amide bonds. The Morgan fingerprint density at radius 1 is 1.38 bits per heavy atom. The number of nitrogens with zero attached hydrogens (tertiary/aromatic N) is 1. The van der Waals surface area contributed by atoms with Crippen LogP contribution in [0.2, 0.25) is 0 Å². The maximum Gasteiger partial charge on any atom is 0.322 e. The summed E-state index contributed by atoms with van der Waals surface area (Å²) >= 11 is 0. The van der Waals surface area contributed by atoms with Crippen molar-refractivity contribution >= 4 is 17.9 Å². The number of aromatic nitrogens is 1. The molecule has 6 heteroatoms. The van der Waals surface area contributed by atoms with Gasteiger partial charge in [0.25, 0.3) is 0 Å². The van der Waals surface area contributed by atoms with Gasteiger partial charge in [-0.1, -0.05) is 18.2 Å². The highest BCUT2D eigenvalue weighted by Crippen LogP contribution is 2.24. The Kier molecular flexibility index (Phi) is 4.61. The van der Waals surface area contributed by atoms with Crippen molar-refractivity contribution in [1.29, 1.82) is 5.41 Å². The molecule has 5 nitrogen and oxygen atoms in total. The van der Waals surface area contributed by atoms with Gasteiger partial charge in [-0.15, -0.1) is 0 Å². The first-order valence-corrected chi connectivity index (χ1v) is 6.25. The molecule has 3 N–H and O–H groups in total. The summed E-state index contributed by atoms with van der Waals surface area (Å²) < 4.78 is 12.7. The van der Waals surface area contributed by atoms with Crippen LogP contribution in [0.4, 0.5) is 10.1 Å². The van der Waals surface area contributed by atoms with E-state index in [1.807, 2.05) is 6.07 Å². The molecule has 0 aliphatic rings. The van der Waals surface area contributed by atoms with E-state index in [1.165, 1.54) is 0 Å². The molecule has 1 aromatic carbocycles. The number of hydrogen-bond acceptors (Lipinski definition) is 4. The Morgan fingerprint density at radius 2 is 2.19 bits per heavy atom. The molecule has 21 heavy (non-hydrogen) atoms. The summed E-state index contributed by atoms with van der Waals surface area (Å²) in [6.07, 6.45) is 2.62. The molecule has 0 fully saturated rings. The highest BCUT2D eigenvalue weighted by Gasteiger charge is 2.07. The van der Waals surface area contributed by atoms with Crippen molar-refractivity contribution in [3.8, 4) is 11.1 Å². The second-order valence-corrected chi connectivity index (χ2v) is 4.38. The molecule has 0 unspecified atom stereocenters. The lowest BCUT2D eigenvalue weighted by Crippen LogP contribution is -2.14. The van der Waals surface area contributed by atoms with Crippen LogP contribution in [-0.2, 0) is 11.5 Å². The first kappa shape index (κ1) is 14.6. The number of carbonyl (C=O) groups is 1. The van der Waals surface area contributed by atoms with Gasteiger partial charge in [0.05, 0.1) is 5.69 Å². The predicted molar refractivity (Wildman–Crippen MR) is 78.5 cm³/mol. The van der Waals surface area contributed by atoms with Gasteiger partial charge in [-0.3, -0.25) is 9.78 Å². The highest BCUT2D eigenvalue weighted by molar-refractivity contribution is 5.86. The lowest BCUT2D eigenvalue weighted by molar-refractivity contribution is -0.134. The summed E-state index contributed by atoms with van der Waals surface area (Å²) in [6, 6.07) is 8.67. The third-order valence-electron chi connectivity index (χ3n) is 2.90. The van der Waals surface area contributed by atoms with E-state index in [9.17, 15) is 9.18 Å². The molecule has 0 saturated heterocycles. The van der Waals surface area contributed by atoms with Gasteiger partial charge in [-0.2, -0.15) is 0 Å². The number of hydrogen-bond donors (Lipinski definition) is 3. The second-order valence-electron chi connectivity index (χ2n) is 4.38. The van der Waals surface area contributed by atoms with Crippen LogP contribution in [0.25, 0.3) is 11.1 Å². The van der Waals surface area contributed by atoms with Gasteiger partial charge in [0.2, 0.25) is 0 Å². The fourth-order valence-electron chi connectivity index (χ4n) is 1.89. The van der Waals surface area contributed by atoms with Crippen LogP contribution < -0.4 is 5.32 Å². The van der Waals surface area contributed by atoms with Crippen molar-refractivity contribution < 1.29 is 14.3 Å². The van der Waals surface area contributed by atoms with E-state index in [4.69, 9.17) is 10.5 Å². The van der Waals surface area contributed by atoms with E-state index < -0.39 is 12.6 Å². The molecule has 108 valence electrons. The fourth-order valence-corrected chi connectivity index (χ4v) is 1.89. The molecule has 2 rings (SSSR count). The number of rotatable bonds is 6. The summed E-state index contributed by atoms with van der Waals surface area (Å²) in [4.78, 5) is 14.7. The summed E-state index contributed by atoms with van der Waals surface area (Å²) in [5.41, 5.74) is 2.87. The van der Waals surface area contributed by atoms with Crippen LogP contribution in [0.15, 0.2) is 36.5 Å². The third kappa shape index (κ3) is 3.62. The highest BCUT2D eigenvalue weighted by atomic mass is 19.1. The monoisotopic (exact) mass is 287 g/mol. The molecule has 1 aromatic heterocycles. The number of pyridine rings is 1. The van der Waals surface area contributed by atoms with Gasteiger partial charge >= 0.3 is 5.97 Å². The number of benzene rings is 1. The van der Waals surface area contributed by atoms with Crippen LogP contribution in [0.5, 0.6) is 0 Å². The summed E-state index contributed by atoms with van der Waals surface area (Å²) in [6.45, 7) is -0.819. The Labute approximate surface area is 121 Å². The zero-order chi connectivity index (χ0) is 15.2. The average Bonchev–Trinajstić information content (AvgIpc) is 2.52. The van der Waals surface area contributed by atoms with Crippen LogP contribution >= 0.6 is 0 Å². The molecule has 0 atom stereocenters. The number of nitrogens with one attached hydrogen (secondary N) is 2.